The zero-order valence-electron chi connectivity index (χ0n) is 10.8. The fourth-order valence-corrected chi connectivity index (χ4v) is 2.31. The zero-order valence-corrected chi connectivity index (χ0v) is 10.8. The highest BCUT2D eigenvalue weighted by atomic mass is 16.3. The molecule has 18 heavy (non-hydrogen) atoms. The molecule has 0 amide bonds. The van der Waals surface area contributed by atoms with Crippen molar-refractivity contribution in [1.82, 2.24) is 15.0 Å². The van der Waals surface area contributed by atoms with E-state index in [2.05, 4.69) is 20.3 Å². The molecule has 1 aromatic rings. The highest BCUT2D eigenvalue weighted by molar-refractivity contribution is 5.31. The van der Waals surface area contributed by atoms with Crippen LogP contribution in [0.2, 0.25) is 0 Å². The summed E-state index contributed by atoms with van der Waals surface area (Å²) in [6.07, 6.45) is 5.75. The first-order valence-electron chi connectivity index (χ1n) is 6.58. The van der Waals surface area contributed by atoms with Crippen molar-refractivity contribution >= 4 is 11.9 Å². The summed E-state index contributed by atoms with van der Waals surface area (Å²) in [6.45, 7) is 2.44. The molecule has 6 heteroatoms. The number of nitrogen functional groups attached to an aromatic ring is 1. The Hall–Kier alpha value is -1.43. The van der Waals surface area contributed by atoms with Crippen molar-refractivity contribution in [2.45, 2.75) is 51.0 Å². The Bertz CT molecular complexity index is 403. The summed E-state index contributed by atoms with van der Waals surface area (Å²) in [6, 6.07) is 0. The molecule has 1 heterocycles. The molecule has 1 saturated carbocycles. The molecule has 1 aliphatic rings. The van der Waals surface area contributed by atoms with Gasteiger partial charge in [0.25, 0.3) is 0 Å². The fourth-order valence-electron chi connectivity index (χ4n) is 2.31. The smallest absolute Gasteiger partial charge is 0.227 e. The monoisotopic (exact) mass is 251 g/mol. The number of hydrogen-bond donors (Lipinski definition) is 3. The van der Waals surface area contributed by atoms with Gasteiger partial charge in [-0.3, -0.25) is 0 Å². The molecule has 0 saturated heterocycles. The van der Waals surface area contributed by atoms with Crippen molar-refractivity contribution in [3.63, 3.8) is 0 Å². The highest BCUT2D eigenvalue weighted by Crippen LogP contribution is 2.27. The number of rotatable bonds is 4. The summed E-state index contributed by atoms with van der Waals surface area (Å²) in [5.74, 6) is 1.35. The van der Waals surface area contributed by atoms with E-state index >= 15 is 0 Å². The van der Waals surface area contributed by atoms with E-state index in [9.17, 15) is 5.11 Å². The van der Waals surface area contributed by atoms with E-state index in [0.717, 1.165) is 25.7 Å². The lowest BCUT2D eigenvalue weighted by atomic mass is 9.85. The fraction of sp³-hybridized carbons (Fsp3) is 0.750. The van der Waals surface area contributed by atoms with Crippen molar-refractivity contribution in [2.24, 2.45) is 0 Å². The van der Waals surface area contributed by atoms with Crippen molar-refractivity contribution < 1.29 is 5.11 Å². The van der Waals surface area contributed by atoms with E-state index in [0.29, 0.717) is 24.7 Å². The summed E-state index contributed by atoms with van der Waals surface area (Å²) >= 11 is 0. The minimum atomic E-state index is -0.633. The Labute approximate surface area is 107 Å². The van der Waals surface area contributed by atoms with Crippen molar-refractivity contribution in [3.05, 3.63) is 5.82 Å². The van der Waals surface area contributed by atoms with Crippen LogP contribution in [-0.4, -0.2) is 32.2 Å². The lowest BCUT2D eigenvalue weighted by molar-refractivity contribution is 0.0166. The van der Waals surface area contributed by atoms with Crippen LogP contribution < -0.4 is 11.1 Å². The molecule has 0 atom stereocenters. The van der Waals surface area contributed by atoms with Crippen LogP contribution in [0.25, 0.3) is 0 Å². The molecule has 6 nitrogen and oxygen atoms in total. The van der Waals surface area contributed by atoms with Crippen LogP contribution in [-0.2, 0) is 6.42 Å². The number of aryl methyl sites for hydroxylation is 1. The SMILES string of the molecule is CCc1nc(N)nc(NCC2(O)CCCCC2)n1. The number of aliphatic hydroxyl groups is 1. The second-order valence-electron chi connectivity index (χ2n) is 4.93. The Morgan fingerprint density at radius 2 is 1.94 bits per heavy atom. The van der Waals surface area contributed by atoms with Crippen LogP contribution in [0.4, 0.5) is 11.9 Å². The standard InChI is InChI=1S/C12H21N5O/c1-2-9-15-10(13)17-11(16-9)14-8-12(18)6-4-3-5-7-12/h18H,2-8H2,1H3,(H3,13,14,15,16,17). The molecule has 1 aliphatic carbocycles. The van der Waals surface area contributed by atoms with Gasteiger partial charge in [-0.05, 0) is 12.8 Å². The van der Waals surface area contributed by atoms with Crippen LogP contribution in [0.1, 0.15) is 44.9 Å². The van der Waals surface area contributed by atoms with Gasteiger partial charge < -0.3 is 16.2 Å². The van der Waals surface area contributed by atoms with Crippen LogP contribution in [0.3, 0.4) is 0 Å². The number of nitrogens with zero attached hydrogens (tertiary/aromatic N) is 3. The molecule has 0 aliphatic heterocycles. The Balaban J connectivity index is 1.98. The Morgan fingerprint density at radius 3 is 2.61 bits per heavy atom. The number of hydrogen-bond acceptors (Lipinski definition) is 6. The minimum absolute atomic E-state index is 0.222. The molecule has 1 fully saturated rings. The van der Waals surface area contributed by atoms with Crippen LogP contribution in [0.5, 0.6) is 0 Å². The first-order valence-corrected chi connectivity index (χ1v) is 6.58. The summed E-state index contributed by atoms with van der Waals surface area (Å²) in [4.78, 5) is 12.3. The van der Waals surface area contributed by atoms with E-state index in [-0.39, 0.29) is 5.95 Å². The van der Waals surface area contributed by atoms with Crippen LogP contribution in [0.15, 0.2) is 0 Å². The van der Waals surface area contributed by atoms with E-state index in [4.69, 9.17) is 5.73 Å². The van der Waals surface area contributed by atoms with Crippen molar-refractivity contribution in [1.29, 1.82) is 0 Å². The maximum atomic E-state index is 10.4. The van der Waals surface area contributed by atoms with Gasteiger partial charge >= 0.3 is 0 Å². The second kappa shape index (κ2) is 5.48. The third-order valence-electron chi connectivity index (χ3n) is 3.38. The molecular formula is C12H21N5O. The normalized spacial score (nSPS) is 18.6. The molecule has 0 aromatic carbocycles. The third-order valence-corrected chi connectivity index (χ3v) is 3.38. The van der Waals surface area contributed by atoms with E-state index in [1.54, 1.807) is 0 Å². The highest BCUT2D eigenvalue weighted by Gasteiger charge is 2.29. The van der Waals surface area contributed by atoms with Gasteiger partial charge in [-0.1, -0.05) is 26.2 Å². The van der Waals surface area contributed by atoms with Gasteiger partial charge in [-0.2, -0.15) is 15.0 Å². The lowest BCUT2D eigenvalue weighted by Gasteiger charge is -2.32. The minimum Gasteiger partial charge on any atom is -0.388 e. The molecule has 0 radical (unpaired) electrons. The van der Waals surface area contributed by atoms with Crippen LogP contribution in [0, 0.1) is 0 Å². The van der Waals surface area contributed by atoms with Gasteiger partial charge in [0.1, 0.15) is 5.82 Å². The maximum absolute atomic E-state index is 10.4. The van der Waals surface area contributed by atoms with Gasteiger partial charge in [-0.15, -0.1) is 0 Å². The summed E-state index contributed by atoms with van der Waals surface area (Å²) in [7, 11) is 0. The summed E-state index contributed by atoms with van der Waals surface area (Å²) in [5.41, 5.74) is 4.98. The average Bonchev–Trinajstić information content (AvgIpc) is 2.37. The number of nitrogens with one attached hydrogen (secondary N) is 1. The Kier molecular flexibility index (Phi) is 3.96. The first-order chi connectivity index (χ1) is 8.61. The molecular weight excluding hydrogens is 230 g/mol. The second-order valence-corrected chi connectivity index (χ2v) is 4.93. The number of anilines is 2. The van der Waals surface area contributed by atoms with Crippen molar-refractivity contribution in [2.75, 3.05) is 17.6 Å². The number of nitrogens with two attached hydrogens (primary N) is 1. The predicted molar refractivity (Wildman–Crippen MR) is 70.1 cm³/mol. The van der Waals surface area contributed by atoms with Gasteiger partial charge in [0, 0.05) is 13.0 Å². The van der Waals surface area contributed by atoms with Gasteiger partial charge in [0.05, 0.1) is 5.60 Å². The van der Waals surface area contributed by atoms with Gasteiger partial charge in [0.15, 0.2) is 0 Å². The summed E-state index contributed by atoms with van der Waals surface area (Å²) < 4.78 is 0. The molecule has 1 aromatic heterocycles. The maximum Gasteiger partial charge on any atom is 0.227 e. The van der Waals surface area contributed by atoms with E-state index < -0.39 is 5.60 Å². The average molecular weight is 251 g/mol. The molecule has 4 N–H and O–H groups in total. The molecule has 100 valence electrons. The Morgan fingerprint density at radius 1 is 1.22 bits per heavy atom. The lowest BCUT2D eigenvalue weighted by Crippen LogP contribution is -2.39. The topological polar surface area (TPSA) is 97.0 Å². The quantitative estimate of drug-likeness (QED) is 0.742. The molecule has 0 spiro atoms. The molecule has 0 bridgehead atoms. The molecule has 0 unspecified atom stereocenters. The first kappa shape index (κ1) is 13.0. The predicted octanol–water partition coefficient (Wildman–Crippen LogP) is 1.12. The van der Waals surface area contributed by atoms with Crippen LogP contribution >= 0.6 is 0 Å². The number of aromatic nitrogens is 3. The third kappa shape index (κ3) is 3.29. The summed E-state index contributed by atoms with van der Waals surface area (Å²) in [5, 5.41) is 13.4. The van der Waals surface area contributed by atoms with Gasteiger partial charge in [-0.25, -0.2) is 0 Å². The van der Waals surface area contributed by atoms with Gasteiger partial charge in [0.2, 0.25) is 11.9 Å². The van der Waals surface area contributed by atoms with E-state index in [1.807, 2.05) is 6.92 Å². The van der Waals surface area contributed by atoms with Crippen molar-refractivity contribution in [3.8, 4) is 0 Å². The zero-order chi connectivity index (χ0) is 13.0. The largest absolute Gasteiger partial charge is 0.388 e. The molecule has 2 rings (SSSR count). The van der Waals surface area contributed by atoms with E-state index in [1.165, 1.54) is 6.42 Å².